The van der Waals surface area contributed by atoms with Crippen LogP contribution in [0.25, 0.3) is 0 Å². The van der Waals surface area contributed by atoms with Crippen LogP contribution >= 0.6 is 0 Å². The number of benzene rings is 1. The van der Waals surface area contributed by atoms with Crippen LogP contribution in [0.5, 0.6) is 5.75 Å². The lowest BCUT2D eigenvalue weighted by molar-refractivity contribution is 0.195. The van der Waals surface area contributed by atoms with E-state index in [4.69, 9.17) is 14.8 Å². The highest BCUT2D eigenvalue weighted by Gasteiger charge is 2.11. The van der Waals surface area contributed by atoms with E-state index in [-0.39, 0.29) is 0 Å². The molecule has 1 aromatic carbocycles. The average Bonchev–Trinajstić information content (AvgIpc) is 2.41. The fourth-order valence-corrected chi connectivity index (χ4v) is 2.59. The Morgan fingerprint density at radius 2 is 1.75 bits per heavy atom. The number of ether oxygens (including phenoxy) is 1. The standard InChI is InChI=1S/C15H24BNO3/c18-16(19)14-7-6-8-15(13-14)20-12-11-17-9-4-2-1-3-5-10-17/h6-8,13,18-19H,1-5,9-12H2. The lowest BCUT2D eigenvalue weighted by atomic mass is 9.80. The van der Waals surface area contributed by atoms with Gasteiger partial charge in [0.25, 0.3) is 0 Å². The predicted octanol–water partition coefficient (Wildman–Crippen LogP) is 1.01. The lowest BCUT2D eigenvalue weighted by Gasteiger charge is -2.24. The van der Waals surface area contributed by atoms with Crippen LogP contribution in [0.2, 0.25) is 0 Å². The van der Waals surface area contributed by atoms with Gasteiger partial charge in [0.2, 0.25) is 0 Å². The van der Waals surface area contributed by atoms with E-state index in [1.54, 1.807) is 18.2 Å². The van der Waals surface area contributed by atoms with Gasteiger partial charge in [-0.3, -0.25) is 4.90 Å². The third-order valence-corrected chi connectivity index (χ3v) is 3.78. The van der Waals surface area contributed by atoms with Gasteiger partial charge in [-0.2, -0.15) is 0 Å². The van der Waals surface area contributed by atoms with E-state index < -0.39 is 7.12 Å². The summed E-state index contributed by atoms with van der Waals surface area (Å²) in [4.78, 5) is 2.46. The molecule has 0 radical (unpaired) electrons. The van der Waals surface area contributed by atoms with Gasteiger partial charge in [0.15, 0.2) is 0 Å². The van der Waals surface area contributed by atoms with Crippen LogP contribution in [0.4, 0.5) is 0 Å². The summed E-state index contributed by atoms with van der Waals surface area (Å²) >= 11 is 0. The maximum absolute atomic E-state index is 9.13. The minimum absolute atomic E-state index is 0.466. The van der Waals surface area contributed by atoms with Crippen molar-refractivity contribution in [3.05, 3.63) is 24.3 Å². The summed E-state index contributed by atoms with van der Waals surface area (Å²) in [7, 11) is -1.44. The fourth-order valence-electron chi connectivity index (χ4n) is 2.59. The summed E-state index contributed by atoms with van der Waals surface area (Å²) in [5, 5.41) is 18.3. The summed E-state index contributed by atoms with van der Waals surface area (Å²) in [6.07, 6.45) is 6.63. The molecule has 1 saturated heterocycles. The van der Waals surface area contributed by atoms with E-state index in [1.807, 2.05) is 6.07 Å². The molecule has 0 unspecified atom stereocenters. The van der Waals surface area contributed by atoms with E-state index in [1.165, 1.54) is 45.2 Å². The summed E-state index contributed by atoms with van der Waals surface area (Å²) in [6.45, 7) is 3.91. The minimum atomic E-state index is -1.44. The molecule has 1 heterocycles. The van der Waals surface area contributed by atoms with Gasteiger partial charge < -0.3 is 14.8 Å². The first-order valence-electron chi connectivity index (χ1n) is 7.57. The second kappa shape index (κ2) is 8.30. The second-order valence-corrected chi connectivity index (χ2v) is 5.40. The van der Waals surface area contributed by atoms with E-state index >= 15 is 0 Å². The molecule has 5 heteroatoms. The number of hydrogen-bond donors (Lipinski definition) is 2. The Morgan fingerprint density at radius 3 is 2.45 bits per heavy atom. The van der Waals surface area contributed by atoms with Crippen molar-refractivity contribution < 1.29 is 14.8 Å². The van der Waals surface area contributed by atoms with Gasteiger partial charge >= 0.3 is 7.12 Å². The van der Waals surface area contributed by atoms with E-state index in [9.17, 15) is 0 Å². The van der Waals surface area contributed by atoms with E-state index in [0.29, 0.717) is 17.8 Å². The van der Waals surface area contributed by atoms with Crippen LogP contribution in [0.3, 0.4) is 0 Å². The number of nitrogens with zero attached hydrogens (tertiary/aromatic N) is 1. The SMILES string of the molecule is OB(O)c1cccc(OCCN2CCCCCCC2)c1. The molecular weight excluding hydrogens is 253 g/mol. The van der Waals surface area contributed by atoms with Gasteiger partial charge in [0, 0.05) is 6.54 Å². The topological polar surface area (TPSA) is 52.9 Å². The third-order valence-electron chi connectivity index (χ3n) is 3.78. The van der Waals surface area contributed by atoms with Gasteiger partial charge in [0.1, 0.15) is 12.4 Å². The molecule has 1 aromatic rings. The summed E-state index contributed by atoms with van der Waals surface area (Å²) in [5.74, 6) is 0.697. The highest BCUT2D eigenvalue weighted by Crippen LogP contribution is 2.11. The maximum Gasteiger partial charge on any atom is 0.488 e. The summed E-state index contributed by atoms with van der Waals surface area (Å²) in [6, 6.07) is 6.98. The van der Waals surface area contributed by atoms with Crippen LogP contribution < -0.4 is 10.2 Å². The zero-order chi connectivity index (χ0) is 14.2. The maximum atomic E-state index is 9.13. The van der Waals surface area contributed by atoms with Crippen molar-refractivity contribution in [3.8, 4) is 5.75 Å². The second-order valence-electron chi connectivity index (χ2n) is 5.40. The Kier molecular flexibility index (Phi) is 6.37. The van der Waals surface area contributed by atoms with Gasteiger partial charge in [0.05, 0.1) is 0 Å². The lowest BCUT2D eigenvalue weighted by Crippen LogP contribution is -2.32. The van der Waals surface area contributed by atoms with Crippen molar-refractivity contribution in [2.24, 2.45) is 0 Å². The molecule has 0 amide bonds. The van der Waals surface area contributed by atoms with Gasteiger partial charge in [-0.15, -0.1) is 0 Å². The highest BCUT2D eigenvalue weighted by atomic mass is 16.5. The molecule has 0 atom stereocenters. The first kappa shape index (κ1) is 15.4. The van der Waals surface area contributed by atoms with Gasteiger partial charge in [-0.05, 0) is 43.5 Å². The zero-order valence-electron chi connectivity index (χ0n) is 12.0. The number of hydrogen-bond acceptors (Lipinski definition) is 4. The molecule has 0 bridgehead atoms. The molecule has 1 fully saturated rings. The van der Waals surface area contributed by atoms with Crippen LogP contribution in [-0.4, -0.2) is 48.3 Å². The van der Waals surface area contributed by atoms with E-state index in [0.717, 1.165) is 6.54 Å². The Hall–Kier alpha value is -1.04. The number of likely N-dealkylation sites (tertiary alicyclic amines) is 1. The Balaban J connectivity index is 1.75. The smallest absolute Gasteiger partial charge is 0.488 e. The molecule has 0 aliphatic carbocycles. The molecule has 0 saturated carbocycles. The molecule has 0 aromatic heterocycles. The molecule has 20 heavy (non-hydrogen) atoms. The molecule has 0 spiro atoms. The Bertz CT molecular complexity index is 392. The monoisotopic (exact) mass is 277 g/mol. The van der Waals surface area contributed by atoms with Crippen molar-refractivity contribution in [3.63, 3.8) is 0 Å². The quantitative estimate of drug-likeness (QED) is 0.789. The normalized spacial score (nSPS) is 17.3. The first-order chi connectivity index (χ1) is 9.75. The fraction of sp³-hybridized carbons (Fsp3) is 0.600. The third kappa shape index (κ3) is 5.15. The molecule has 1 aliphatic heterocycles. The molecular formula is C15H24BNO3. The molecule has 1 aliphatic rings. The van der Waals surface area contributed by atoms with Crippen LogP contribution in [0, 0.1) is 0 Å². The van der Waals surface area contributed by atoms with Crippen molar-refractivity contribution in [1.82, 2.24) is 4.90 Å². The number of rotatable bonds is 5. The van der Waals surface area contributed by atoms with Crippen LogP contribution in [0.1, 0.15) is 32.1 Å². The van der Waals surface area contributed by atoms with Crippen LogP contribution in [-0.2, 0) is 0 Å². The van der Waals surface area contributed by atoms with Crippen LogP contribution in [0.15, 0.2) is 24.3 Å². The van der Waals surface area contributed by atoms with E-state index in [2.05, 4.69) is 4.90 Å². The van der Waals surface area contributed by atoms with Crippen molar-refractivity contribution in [1.29, 1.82) is 0 Å². The van der Waals surface area contributed by atoms with Gasteiger partial charge in [-0.1, -0.05) is 31.4 Å². The Morgan fingerprint density at radius 1 is 1.05 bits per heavy atom. The molecule has 2 rings (SSSR count). The molecule has 4 nitrogen and oxygen atoms in total. The minimum Gasteiger partial charge on any atom is -0.492 e. The predicted molar refractivity (Wildman–Crippen MR) is 81.3 cm³/mol. The molecule has 2 N–H and O–H groups in total. The summed E-state index contributed by atoms with van der Waals surface area (Å²) < 4.78 is 5.71. The highest BCUT2D eigenvalue weighted by molar-refractivity contribution is 6.58. The van der Waals surface area contributed by atoms with Crippen molar-refractivity contribution in [2.75, 3.05) is 26.2 Å². The average molecular weight is 277 g/mol. The Labute approximate surface area is 121 Å². The van der Waals surface area contributed by atoms with Crippen molar-refractivity contribution >= 4 is 12.6 Å². The van der Waals surface area contributed by atoms with Gasteiger partial charge in [-0.25, -0.2) is 0 Å². The zero-order valence-corrected chi connectivity index (χ0v) is 12.0. The molecule has 110 valence electrons. The largest absolute Gasteiger partial charge is 0.492 e. The first-order valence-corrected chi connectivity index (χ1v) is 7.57. The summed E-state index contributed by atoms with van der Waals surface area (Å²) in [5.41, 5.74) is 0.466. The van der Waals surface area contributed by atoms with Crippen molar-refractivity contribution in [2.45, 2.75) is 32.1 Å².